The number of nitrogens with one attached hydrogen (secondary N) is 6. The van der Waals surface area contributed by atoms with Gasteiger partial charge in [0.05, 0.1) is 42.4 Å². The van der Waals surface area contributed by atoms with Crippen LogP contribution in [0.5, 0.6) is 0 Å². The molecule has 0 unspecified atom stereocenters. The van der Waals surface area contributed by atoms with E-state index in [9.17, 15) is 46.8 Å². The van der Waals surface area contributed by atoms with Crippen molar-refractivity contribution in [2.45, 2.75) is 112 Å². The molecular formula is C69H75F3N20O8S4. The molecule has 12 aromatic rings. The Morgan fingerprint density at radius 2 is 0.769 bits per heavy atom. The van der Waals surface area contributed by atoms with Crippen LogP contribution in [0.3, 0.4) is 0 Å². The average molecular weight is 1500 g/mol. The van der Waals surface area contributed by atoms with Crippen LogP contribution in [0.15, 0.2) is 149 Å². The van der Waals surface area contributed by atoms with Crippen LogP contribution in [-0.2, 0) is 91.2 Å². The molecular weight excluding hydrogens is 1420 g/mol. The van der Waals surface area contributed by atoms with E-state index in [1.54, 1.807) is 76.8 Å². The Morgan fingerprint density at radius 1 is 0.413 bits per heavy atom. The van der Waals surface area contributed by atoms with Crippen LogP contribution in [0.25, 0.3) is 22.6 Å². The molecule has 0 radical (unpaired) electrons. The maximum absolute atomic E-state index is 13.6. The Labute approximate surface area is 597 Å². The number of rotatable bonds is 12. The number of sulfone groups is 4. The molecule has 0 aliphatic carbocycles. The van der Waals surface area contributed by atoms with Gasteiger partial charge in [-0.2, -0.15) is 0 Å². The minimum Gasteiger partial charge on any atom is -0.370 e. The fourth-order valence-electron chi connectivity index (χ4n) is 13.3. The van der Waals surface area contributed by atoms with E-state index in [1.165, 1.54) is 54.6 Å². The van der Waals surface area contributed by atoms with Crippen LogP contribution >= 0.6 is 0 Å². The molecule has 4 aliphatic heterocycles. The first kappa shape index (κ1) is 72.3. The normalized spacial score (nSPS) is 14.8. The van der Waals surface area contributed by atoms with Gasteiger partial charge in [0.15, 0.2) is 65.4 Å². The zero-order chi connectivity index (χ0) is 73.9. The summed E-state index contributed by atoms with van der Waals surface area (Å²) >= 11 is 0. The lowest BCUT2D eigenvalue weighted by Crippen LogP contribution is -2.29. The van der Waals surface area contributed by atoms with Crippen molar-refractivity contribution in [3.05, 3.63) is 189 Å². The lowest BCUT2D eigenvalue weighted by Gasteiger charge is -2.26. The molecule has 4 aromatic carbocycles. The topological polar surface area (TPSA) is 336 Å². The van der Waals surface area contributed by atoms with Crippen LogP contribution in [0, 0.1) is 38.2 Å². The van der Waals surface area contributed by atoms with Crippen LogP contribution in [-0.4, -0.2) is 170 Å². The van der Waals surface area contributed by atoms with Gasteiger partial charge < -0.3 is 41.7 Å². The summed E-state index contributed by atoms with van der Waals surface area (Å²) in [5, 5.41) is 35.8. The molecule has 0 fully saturated rings. The maximum atomic E-state index is 13.6. The molecule has 0 bridgehead atoms. The van der Waals surface area contributed by atoms with Gasteiger partial charge in [-0.3, -0.25) is 0 Å². The average Bonchev–Trinajstić information content (AvgIpc) is 1.59. The number of hydrogen-bond donors (Lipinski definition) is 6. The maximum Gasteiger partial charge on any atom is 0.214 e. The summed E-state index contributed by atoms with van der Waals surface area (Å²) in [6.07, 6.45) is 6.36. The number of likely N-dealkylation sites (N-methyl/N-ethyl adjacent to an activating group) is 2. The van der Waals surface area contributed by atoms with Gasteiger partial charge in [0, 0.05) is 152 Å². The fraction of sp³-hybridized carbons (Fsp3) is 0.304. The molecule has 544 valence electrons. The van der Waals surface area contributed by atoms with Crippen molar-refractivity contribution in [2.75, 3.05) is 89.7 Å². The highest BCUT2D eigenvalue weighted by Gasteiger charge is 2.36. The Bertz CT molecular complexity index is 5890. The van der Waals surface area contributed by atoms with E-state index in [0.717, 1.165) is 145 Å². The molecule has 8 aromatic heterocycles. The van der Waals surface area contributed by atoms with Crippen molar-refractivity contribution in [1.29, 1.82) is 0 Å². The minimum atomic E-state index is -3.99. The van der Waals surface area contributed by atoms with Crippen molar-refractivity contribution >= 4 is 85.2 Å². The van der Waals surface area contributed by atoms with E-state index in [2.05, 4.69) is 89.1 Å². The van der Waals surface area contributed by atoms with Gasteiger partial charge >= 0.3 is 0 Å². The Kier molecular flexibility index (Phi) is 19.9. The van der Waals surface area contributed by atoms with Crippen LogP contribution < -0.4 is 31.9 Å². The summed E-state index contributed by atoms with van der Waals surface area (Å²) in [6.45, 7) is 11.9. The number of aromatic nitrogens is 12. The lowest BCUT2D eigenvalue weighted by atomic mass is 10.0. The second-order valence-corrected chi connectivity index (χ2v) is 32.9. The molecule has 16 rings (SSSR count). The van der Waals surface area contributed by atoms with E-state index in [0.29, 0.717) is 24.6 Å². The van der Waals surface area contributed by atoms with Crippen molar-refractivity contribution in [3.8, 4) is 0 Å². The monoisotopic (exact) mass is 1500 g/mol. The molecule has 0 saturated heterocycles. The number of anilines is 4. The molecule has 0 spiro atoms. The molecule has 4 aliphatic rings. The van der Waals surface area contributed by atoms with E-state index < -0.39 is 56.8 Å². The lowest BCUT2D eigenvalue weighted by molar-refractivity contribution is 0.306. The summed E-state index contributed by atoms with van der Waals surface area (Å²) in [7, 11) is -5.13. The molecule has 12 heterocycles. The predicted octanol–water partition coefficient (Wildman–Crippen LogP) is 7.02. The van der Waals surface area contributed by atoms with Crippen molar-refractivity contribution in [1.82, 2.24) is 78.8 Å². The second kappa shape index (κ2) is 28.6. The number of nitrogens with zero attached hydrogens (tertiary/aromatic N) is 14. The zero-order valence-corrected chi connectivity index (χ0v) is 61.4. The third-order valence-electron chi connectivity index (χ3n) is 18.5. The third-order valence-corrected chi connectivity index (χ3v) is 25.7. The summed E-state index contributed by atoms with van der Waals surface area (Å²) in [6, 6.07) is 21.8. The molecule has 0 amide bonds. The van der Waals surface area contributed by atoms with Crippen molar-refractivity contribution in [3.63, 3.8) is 0 Å². The van der Waals surface area contributed by atoms with E-state index >= 15 is 0 Å². The number of hydrogen-bond acceptors (Lipinski definition) is 24. The van der Waals surface area contributed by atoms with Gasteiger partial charge in [-0.05, 0) is 107 Å². The summed E-state index contributed by atoms with van der Waals surface area (Å²) in [5.74, 6) is -0.898. The number of fused-ring (bicyclic) bond motifs is 12. The van der Waals surface area contributed by atoms with Gasteiger partial charge in [0.2, 0.25) is 39.3 Å². The highest BCUT2D eigenvalue weighted by atomic mass is 32.2. The number of halogens is 3. The van der Waals surface area contributed by atoms with Gasteiger partial charge in [0.1, 0.15) is 17.5 Å². The molecule has 6 N–H and O–H groups in total. The first-order valence-electron chi connectivity index (χ1n) is 33.1. The molecule has 35 heteroatoms. The van der Waals surface area contributed by atoms with Gasteiger partial charge in [-0.25, -0.2) is 84.8 Å². The van der Waals surface area contributed by atoms with Crippen molar-refractivity contribution < 1.29 is 46.8 Å². The van der Waals surface area contributed by atoms with Crippen molar-refractivity contribution in [2.24, 2.45) is 0 Å². The standard InChI is InChI=1S/C19H23N5O2S.2C17H18FN5O2S.C16H16FN5O2S/c1-12-6-5-7-14(10-12)27(25,26)17-18(20-3)22-24-16-8-9-23(4)11-15(16)13(2)21-19(17)24;1-19-16-15(26(24,25)13-5-3-4-12(18)8-13)17-20-9-11-10-22(2)7-6-14(11)23(17)21-16;1-10-13-9-20-7-6-14(13)23-17(21-10)15(16(19-2)22-23)26(24,25)12-5-3-4-11(18)8-12;1-18-15-14(25(23,24)12-4-2-3-11(17)7-12)16-20-9-10-8-19-6-5-13(10)22(16)21-15/h5-7,10H,8-9,11H2,1-4H3,(H,20,22);3-5,8-9H,6-7,10H2,1-2H3,(H,19,21);3-5,8,20H,6-7,9H2,1-2H3,(H,19,22);2-4,7,9,19H,5-6,8H2,1H3,(H,18,21). The Hall–Kier alpha value is -10.0. The molecule has 0 saturated carbocycles. The fourth-order valence-corrected chi connectivity index (χ4v) is 19.5. The van der Waals surface area contributed by atoms with Gasteiger partial charge in [-0.1, -0.05) is 30.3 Å². The highest BCUT2D eigenvalue weighted by Crippen LogP contribution is 2.38. The number of aryl methyl sites for hydroxylation is 3. The summed E-state index contributed by atoms with van der Waals surface area (Å²) in [5.41, 5.74) is 11.7. The van der Waals surface area contributed by atoms with E-state index in [4.69, 9.17) is 0 Å². The largest absolute Gasteiger partial charge is 0.370 e. The molecule has 104 heavy (non-hydrogen) atoms. The highest BCUT2D eigenvalue weighted by molar-refractivity contribution is 7.92. The third kappa shape index (κ3) is 13.2. The summed E-state index contributed by atoms with van der Waals surface area (Å²) in [4.78, 5) is 22.2. The molecule has 28 nitrogen and oxygen atoms in total. The Morgan fingerprint density at radius 3 is 1.21 bits per heavy atom. The van der Waals surface area contributed by atoms with Crippen LogP contribution in [0.1, 0.15) is 62.0 Å². The second-order valence-electron chi connectivity index (χ2n) is 25.4. The Balaban J connectivity index is 0.000000123. The summed E-state index contributed by atoms with van der Waals surface area (Å²) < 4.78 is 153. The van der Waals surface area contributed by atoms with Gasteiger partial charge in [0.25, 0.3) is 0 Å². The van der Waals surface area contributed by atoms with E-state index in [1.807, 2.05) is 33.9 Å². The smallest absolute Gasteiger partial charge is 0.214 e. The van der Waals surface area contributed by atoms with Crippen LogP contribution in [0.2, 0.25) is 0 Å². The first-order chi connectivity index (χ1) is 49.7. The molecule has 0 atom stereocenters. The quantitative estimate of drug-likeness (QED) is 0.0715. The van der Waals surface area contributed by atoms with E-state index in [-0.39, 0.29) is 73.6 Å². The number of benzene rings is 4. The zero-order valence-electron chi connectivity index (χ0n) is 58.2. The van der Waals surface area contributed by atoms with Crippen LogP contribution in [0.4, 0.5) is 36.4 Å². The van der Waals surface area contributed by atoms with Gasteiger partial charge in [-0.15, -0.1) is 20.4 Å². The first-order valence-corrected chi connectivity index (χ1v) is 39.1. The predicted molar refractivity (Wildman–Crippen MR) is 383 cm³/mol. The SMILES string of the molecule is CNc1nn2c3c(c(C)nc2c1S(=O)(=O)c1cccc(C)c1)CN(C)CC3.CNc1nn2c3c(c(C)nc2c1S(=O)(=O)c1cccc(F)c1)CNCC3.CNc1nn2c3c(cnc2c1S(=O)(=O)c1cccc(F)c1)CN(C)CC3.CNc1nn2c3c(cnc2c1S(=O)(=O)c1cccc(F)c1)CNCC3. The minimum absolute atomic E-state index is 0.0324.